The van der Waals surface area contributed by atoms with E-state index in [0.29, 0.717) is 11.8 Å². The molecule has 8 heteroatoms. The van der Waals surface area contributed by atoms with E-state index in [1.54, 1.807) is 24.3 Å². The van der Waals surface area contributed by atoms with Crippen LogP contribution in [0.4, 0.5) is 0 Å². The molecule has 0 aromatic heterocycles. The average molecular weight is 330 g/mol. The number of rotatable bonds is 4. The average Bonchev–Trinajstić information content (AvgIpc) is 2.54. The maximum Gasteiger partial charge on any atom is 0.226 e. The lowest BCUT2D eigenvalue weighted by Gasteiger charge is -2.44. The van der Waals surface area contributed by atoms with E-state index < -0.39 is 41.9 Å². The third kappa shape index (κ3) is 3.18. The third-order valence-electron chi connectivity index (χ3n) is 3.56. The number of thioether (sulfide) groups is 1. The van der Waals surface area contributed by atoms with Crippen molar-refractivity contribution in [1.82, 2.24) is 0 Å². The van der Waals surface area contributed by atoms with E-state index in [0.717, 1.165) is 5.56 Å². The van der Waals surface area contributed by atoms with Crippen LogP contribution in [0.15, 0.2) is 30.3 Å². The fourth-order valence-electron chi connectivity index (χ4n) is 2.23. The number of hydrogen-bond acceptors (Lipinski definition) is 8. The molecule has 1 aliphatic heterocycles. The molecule has 1 aliphatic rings. The lowest BCUT2D eigenvalue weighted by Crippen LogP contribution is -2.70. The topological polar surface area (TPSA) is 127 Å². The van der Waals surface area contributed by atoms with Crippen LogP contribution in [-0.2, 0) is 15.3 Å². The predicted molar refractivity (Wildman–Crippen MR) is 77.7 cm³/mol. The Morgan fingerprint density at radius 3 is 2.41 bits per heavy atom. The number of benzene rings is 1. The number of carbonyl (C=O) groups is 1. The first kappa shape index (κ1) is 17.4. The minimum Gasteiger partial charge on any atom is -0.394 e. The zero-order valence-corrected chi connectivity index (χ0v) is 12.4. The molecular weight excluding hydrogens is 312 g/mol. The van der Waals surface area contributed by atoms with Gasteiger partial charge in [0.1, 0.15) is 18.3 Å². The van der Waals surface area contributed by atoms with E-state index in [1.807, 2.05) is 6.07 Å². The van der Waals surface area contributed by atoms with Gasteiger partial charge in [-0.05, 0) is 5.56 Å². The van der Waals surface area contributed by atoms with Gasteiger partial charge in [0.05, 0.1) is 6.61 Å². The van der Waals surface area contributed by atoms with Gasteiger partial charge >= 0.3 is 0 Å². The van der Waals surface area contributed by atoms with Gasteiger partial charge in [0.25, 0.3) is 0 Å². The predicted octanol–water partition coefficient (Wildman–Crippen LogP) is -1.39. The monoisotopic (exact) mass is 330 g/mol. The van der Waals surface area contributed by atoms with Crippen LogP contribution in [-0.4, -0.2) is 67.5 Å². The minimum atomic E-state index is -2.62. The zero-order valence-electron chi connectivity index (χ0n) is 11.6. The smallest absolute Gasteiger partial charge is 0.226 e. The van der Waals surface area contributed by atoms with Crippen LogP contribution < -0.4 is 0 Å². The van der Waals surface area contributed by atoms with Crippen LogP contribution in [0.2, 0.25) is 0 Å². The Morgan fingerprint density at radius 1 is 1.18 bits per heavy atom. The Labute approximate surface area is 131 Å². The third-order valence-corrected chi connectivity index (χ3v) is 4.62. The molecule has 5 atom stereocenters. The number of ether oxygens (including phenoxy) is 1. The van der Waals surface area contributed by atoms with E-state index in [1.165, 1.54) is 0 Å². The van der Waals surface area contributed by atoms with Crippen molar-refractivity contribution in [2.24, 2.45) is 0 Å². The second-order valence-corrected chi connectivity index (χ2v) is 5.97. The number of aliphatic hydroxyl groups excluding tert-OH is 4. The molecule has 0 amide bonds. The Kier molecular flexibility index (Phi) is 5.56. The quantitative estimate of drug-likeness (QED) is 0.456. The number of aliphatic hydroxyl groups is 5. The molecule has 0 bridgehead atoms. The van der Waals surface area contributed by atoms with Gasteiger partial charge in [0.15, 0.2) is 11.9 Å². The summed E-state index contributed by atoms with van der Waals surface area (Å²) in [6.45, 7) is -0.718. The Balaban J connectivity index is 2.13. The first-order chi connectivity index (χ1) is 10.4. The molecule has 0 unspecified atom stereocenters. The molecule has 1 aromatic carbocycles. The Bertz CT molecular complexity index is 511. The molecule has 1 aromatic rings. The maximum absolute atomic E-state index is 12.3. The summed E-state index contributed by atoms with van der Waals surface area (Å²) in [7, 11) is 0. The Hall–Kier alpha value is -1.00. The van der Waals surface area contributed by atoms with Gasteiger partial charge in [-0.3, -0.25) is 4.79 Å². The standard InChI is InChI=1S/C14H18O7S/c15-6-9-10(16)14(20,11(17)12(18)21-9)13(19)22-7-8-4-2-1-3-5-8/h1-5,9-12,15-18,20H,6-7H2/t9-,10+,11+,12-,14+/m1/s1. The summed E-state index contributed by atoms with van der Waals surface area (Å²) in [5.41, 5.74) is -1.80. The minimum absolute atomic E-state index is 0.224. The van der Waals surface area contributed by atoms with Gasteiger partial charge in [-0.1, -0.05) is 42.1 Å². The molecule has 22 heavy (non-hydrogen) atoms. The van der Waals surface area contributed by atoms with Crippen molar-refractivity contribution in [3.05, 3.63) is 35.9 Å². The summed E-state index contributed by atoms with van der Waals surface area (Å²) in [5.74, 6) is 0.224. The molecular formula is C14H18O7S. The SMILES string of the molecule is O=C(SCc1ccccc1)[C@@]1(O)[C@@H](O)[C@H](O)O[C@H](CO)[C@@H]1O. The molecule has 122 valence electrons. The van der Waals surface area contributed by atoms with Crippen molar-refractivity contribution in [3.8, 4) is 0 Å². The van der Waals surface area contributed by atoms with Crippen molar-refractivity contribution < 1.29 is 35.1 Å². The summed E-state index contributed by atoms with van der Waals surface area (Å²) in [4.78, 5) is 12.3. The van der Waals surface area contributed by atoms with Crippen molar-refractivity contribution >= 4 is 16.9 Å². The normalized spacial score (nSPS) is 35.3. The van der Waals surface area contributed by atoms with E-state index in [4.69, 9.17) is 9.84 Å². The first-order valence-electron chi connectivity index (χ1n) is 6.65. The summed E-state index contributed by atoms with van der Waals surface area (Å²) in [5, 5.41) is 48.0. The fourth-order valence-corrected chi connectivity index (χ4v) is 3.19. The lowest BCUT2D eigenvalue weighted by atomic mass is 9.85. The van der Waals surface area contributed by atoms with E-state index in [9.17, 15) is 25.2 Å². The van der Waals surface area contributed by atoms with Crippen molar-refractivity contribution in [3.63, 3.8) is 0 Å². The number of carbonyl (C=O) groups excluding carboxylic acids is 1. The highest BCUT2D eigenvalue weighted by Gasteiger charge is 2.59. The molecule has 0 radical (unpaired) electrons. The molecule has 1 heterocycles. The highest BCUT2D eigenvalue weighted by atomic mass is 32.2. The van der Waals surface area contributed by atoms with Crippen molar-refractivity contribution in [1.29, 1.82) is 0 Å². The van der Waals surface area contributed by atoms with E-state index >= 15 is 0 Å². The summed E-state index contributed by atoms with van der Waals surface area (Å²) < 4.78 is 4.75. The summed E-state index contributed by atoms with van der Waals surface area (Å²) in [6.07, 6.45) is -7.12. The molecule has 1 saturated heterocycles. The highest BCUT2D eigenvalue weighted by molar-refractivity contribution is 8.13. The second kappa shape index (κ2) is 7.05. The molecule has 0 saturated carbocycles. The van der Waals surface area contributed by atoms with Gasteiger partial charge in [0.2, 0.25) is 5.12 Å². The summed E-state index contributed by atoms with van der Waals surface area (Å²) in [6, 6.07) is 8.97. The number of hydrogen-bond donors (Lipinski definition) is 5. The van der Waals surface area contributed by atoms with Gasteiger partial charge in [-0.25, -0.2) is 0 Å². The molecule has 5 N–H and O–H groups in total. The van der Waals surface area contributed by atoms with E-state index in [-0.39, 0.29) is 5.75 Å². The molecule has 2 rings (SSSR count). The van der Waals surface area contributed by atoms with Crippen LogP contribution in [0.1, 0.15) is 5.56 Å². The van der Waals surface area contributed by atoms with Crippen LogP contribution in [0.5, 0.6) is 0 Å². The fraction of sp³-hybridized carbons (Fsp3) is 0.500. The van der Waals surface area contributed by atoms with Gasteiger partial charge in [-0.2, -0.15) is 0 Å². The Morgan fingerprint density at radius 2 is 1.82 bits per heavy atom. The highest BCUT2D eigenvalue weighted by Crippen LogP contribution is 2.34. The van der Waals surface area contributed by atoms with Crippen LogP contribution >= 0.6 is 11.8 Å². The largest absolute Gasteiger partial charge is 0.394 e. The van der Waals surface area contributed by atoms with Crippen LogP contribution in [0.3, 0.4) is 0 Å². The van der Waals surface area contributed by atoms with Crippen molar-refractivity contribution in [2.75, 3.05) is 6.61 Å². The first-order valence-corrected chi connectivity index (χ1v) is 7.63. The van der Waals surface area contributed by atoms with Gasteiger partial charge in [0, 0.05) is 5.75 Å². The van der Waals surface area contributed by atoms with Crippen molar-refractivity contribution in [2.45, 2.75) is 36.0 Å². The van der Waals surface area contributed by atoms with E-state index in [2.05, 4.69) is 0 Å². The zero-order chi connectivity index (χ0) is 16.3. The van der Waals surface area contributed by atoms with Crippen LogP contribution in [0, 0.1) is 0 Å². The second-order valence-electron chi connectivity index (χ2n) is 5.02. The molecule has 1 fully saturated rings. The summed E-state index contributed by atoms with van der Waals surface area (Å²) >= 11 is 0.700. The molecule has 0 aliphatic carbocycles. The maximum atomic E-state index is 12.3. The van der Waals surface area contributed by atoms with Gasteiger partial charge < -0.3 is 30.3 Å². The van der Waals surface area contributed by atoms with Gasteiger partial charge in [-0.15, -0.1) is 0 Å². The molecule has 7 nitrogen and oxygen atoms in total. The lowest BCUT2D eigenvalue weighted by molar-refractivity contribution is -0.309. The van der Waals surface area contributed by atoms with Crippen LogP contribution in [0.25, 0.3) is 0 Å². The molecule has 0 spiro atoms.